The number of imidazole rings is 1. The predicted octanol–water partition coefficient (Wildman–Crippen LogP) is 6.12. The number of hydrogen-bond donors (Lipinski definition) is 3. The lowest BCUT2D eigenvalue weighted by Crippen LogP contribution is -2.12. The van der Waals surface area contributed by atoms with E-state index in [4.69, 9.17) is 4.98 Å². The Kier molecular flexibility index (Phi) is 5.87. The highest BCUT2D eigenvalue weighted by atomic mass is 32.1. The van der Waals surface area contributed by atoms with Gasteiger partial charge in [-0.15, -0.1) is 11.3 Å². The molecule has 0 aliphatic rings. The molecular weight excluding hydrogens is 511 g/mol. The molecule has 0 saturated carbocycles. The third-order valence-electron chi connectivity index (χ3n) is 6.49. The molecule has 7 aromatic rings. The molecule has 3 N–H and O–H groups in total. The summed E-state index contributed by atoms with van der Waals surface area (Å²) in [5.41, 5.74) is 6.07. The number of thiophene rings is 1. The molecule has 0 aliphatic carbocycles. The van der Waals surface area contributed by atoms with E-state index in [9.17, 15) is 0 Å². The molecular formula is C29H21FN8S. The van der Waals surface area contributed by atoms with Crippen LogP contribution >= 0.6 is 11.3 Å². The number of hydrogen-bond acceptors (Lipinski definition) is 7. The van der Waals surface area contributed by atoms with Crippen LogP contribution in [0.15, 0.2) is 84.8 Å². The summed E-state index contributed by atoms with van der Waals surface area (Å²) in [5.74, 6) is -0.0281. The molecule has 1 aromatic carbocycles. The van der Waals surface area contributed by atoms with Gasteiger partial charge in [-0.05, 0) is 34.7 Å². The molecule has 7 rings (SSSR count). The molecule has 0 bridgehead atoms. The zero-order valence-corrected chi connectivity index (χ0v) is 21.3. The van der Waals surface area contributed by atoms with E-state index in [0.717, 1.165) is 28.2 Å². The second kappa shape index (κ2) is 9.82. The first-order chi connectivity index (χ1) is 19.2. The second-order valence-electron chi connectivity index (χ2n) is 9.07. The van der Waals surface area contributed by atoms with Crippen LogP contribution in [-0.4, -0.2) is 35.1 Å². The van der Waals surface area contributed by atoms with Crippen molar-refractivity contribution in [2.24, 2.45) is 0 Å². The van der Waals surface area contributed by atoms with E-state index in [-0.39, 0.29) is 5.69 Å². The summed E-state index contributed by atoms with van der Waals surface area (Å²) >= 11 is 1.59. The number of aromatic amines is 2. The number of rotatable bonds is 7. The molecule has 0 spiro atoms. The molecule has 190 valence electrons. The maximum atomic E-state index is 16.1. The van der Waals surface area contributed by atoms with Gasteiger partial charge in [0.25, 0.3) is 0 Å². The number of aromatic nitrogens is 7. The van der Waals surface area contributed by atoms with E-state index in [1.807, 2.05) is 47.8 Å². The zero-order chi connectivity index (χ0) is 26.2. The van der Waals surface area contributed by atoms with Gasteiger partial charge in [-0.2, -0.15) is 5.10 Å². The molecule has 0 radical (unpaired) electrons. The molecule has 0 unspecified atom stereocenters. The van der Waals surface area contributed by atoms with Crippen LogP contribution in [0.3, 0.4) is 0 Å². The number of H-pyrrole nitrogens is 2. The Balaban J connectivity index is 1.23. The SMILES string of the molecule is Fc1c(-c2cncc(CNCc3ccccc3)c2)ncc2[nH]nc(-c3nc4c(-c5cccs5)nccc4[nH]3)c12. The highest BCUT2D eigenvalue weighted by Gasteiger charge is 2.21. The fraction of sp³-hybridized carbons (Fsp3) is 0.0690. The van der Waals surface area contributed by atoms with Crippen molar-refractivity contribution in [1.29, 1.82) is 0 Å². The molecule has 0 atom stereocenters. The number of pyridine rings is 3. The summed E-state index contributed by atoms with van der Waals surface area (Å²) in [4.78, 5) is 22.3. The van der Waals surface area contributed by atoms with Crippen molar-refractivity contribution in [3.8, 4) is 33.3 Å². The Morgan fingerprint density at radius 3 is 2.62 bits per heavy atom. The second-order valence-corrected chi connectivity index (χ2v) is 10.0. The summed E-state index contributed by atoms with van der Waals surface area (Å²) in [6, 6.07) is 17.9. The fourth-order valence-corrected chi connectivity index (χ4v) is 5.37. The van der Waals surface area contributed by atoms with Crippen molar-refractivity contribution in [3.05, 3.63) is 102 Å². The average Bonchev–Trinajstić information content (AvgIpc) is 3.74. The van der Waals surface area contributed by atoms with Gasteiger partial charge in [0.15, 0.2) is 11.6 Å². The van der Waals surface area contributed by atoms with E-state index in [1.54, 1.807) is 36.1 Å². The van der Waals surface area contributed by atoms with E-state index in [2.05, 4.69) is 47.6 Å². The minimum absolute atomic E-state index is 0.208. The van der Waals surface area contributed by atoms with Crippen molar-refractivity contribution >= 4 is 33.3 Å². The summed E-state index contributed by atoms with van der Waals surface area (Å²) in [5, 5.41) is 13.0. The van der Waals surface area contributed by atoms with Crippen LogP contribution in [0.5, 0.6) is 0 Å². The van der Waals surface area contributed by atoms with Crippen LogP contribution in [-0.2, 0) is 13.1 Å². The van der Waals surface area contributed by atoms with E-state index in [1.165, 1.54) is 5.56 Å². The average molecular weight is 533 g/mol. The Labute approximate surface area is 226 Å². The van der Waals surface area contributed by atoms with Gasteiger partial charge in [-0.3, -0.25) is 20.1 Å². The number of fused-ring (bicyclic) bond motifs is 2. The van der Waals surface area contributed by atoms with Gasteiger partial charge in [0, 0.05) is 37.2 Å². The first kappa shape index (κ1) is 23.3. The number of halogens is 1. The quantitative estimate of drug-likeness (QED) is 0.228. The predicted molar refractivity (Wildman–Crippen MR) is 150 cm³/mol. The van der Waals surface area contributed by atoms with E-state index < -0.39 is 5.82 Å². The summed E-state index contributed by atoms with van der Waals surface area (Å²) in [6.07, 6.45) is 6.72. The van der Waals surface area contributed by atoms with Gasteiger partial charge in [-0.25, -0.2) is 9.37 Å². The van der Waals surface area contributed by atoms with Crippen LogP contribution in [0.2, 0.25) is 0 Å². The lowest BCUT2D eigenvalue weighted by atomic mass is 10.1. The lowest BCUT2D eigenvalue weighted by molar-refractivity contribution is 0.638. The van der Waals surface area contributed by atoms with Crippen molar-refractivity contribution in [2.75, 3.05) is 0 Å². The highest BCUT2D eigenvalue weighted by Crippen LogP contribution is 2.34. The Bertz CT molecular complexity index is 1910. The zero-order valence-electron chi connectivity index (χ0n) is 20.5. The number of benzene rings is 1. The topological polar surface area (TPSA) is 108 Å². The molecule has 0 fully saturated rings. The van der Waals surface area contributed by atoms with E-state index in [0.29, 0.717) is 40.0 Å². The van der Waals surface area contributed by atoms with Crippen molar-refractivity contribution in [1.82, 2.24) is 40.4 Å². The summed E-state index contributed by atoms with van der Waals surface area (Å²) < 4.78 is 16.1. The highest BCUT2D eigenvalue weighted by molar-refractivity contribution is 7.13. The Morgan fingerprint density at radius 2 is 1.74 bits per heavy atom. The molecule has 6 aromatic heterocycles. The smallest absolute Gasteiger partial charge is 0.161 e. The molecule has 6 heterocycles. The van der Waals surface area contributed by atoms with Crippen LogP contribution in [0.25, 0.3) is 55.3 Å². The van der Waals surface area contributed by atoms with Crippen LogP contribution < -0.4 is 5.32 Å². The van der Waals surface area contributed by atoms with Crippen molar-refractivity contribution in [2.45, 2.75) is 13.1 Å². The van der Waals surface area contributed by atoms with Gasteiger partial charge in [0.2, 0.25) is 0 Å². The molecule has 0 amide bonds. The maximum Gasteiger partial charge on any atom is 0.161 e. The first-order valence-electron chi connectivity index (χ1n) is 12.3. The molecule has 39 heavy (non-hydrogen) atoms. The third-order valence-corrected chi connectivity index (χ3v) is 7.37. The fourth-order valence-electron chi connectivity index (χ4n) is 4.65. The molecule has 0 aliphatic heterocycles. The molecule has 0 saturated heterocycles. The van der Waals surface area contributed by atoms with Crippen LogP contribution in [0, 0.1) is 5.82 Å². The number of nitrogens with zero attached hydrogens (tertiary/aromatic N) is 5. The minimum atomic E-state index is -0.482. The van der Waals surface area contributed by atoms with Gasteiger partial charge in [0.05, 0.1) is 27.5 Å². The van der Waals surface area contributed by atoms with Crippen LogP contribution in [0.1, 0.15) is 11.1 Å². The summed E-state index contributed by atoms with van der Waals surface area (Å²) in [7, 11) is 0. The standard InChI is InChI=1S/C29H21FN8S/c30-24-23-21(16-34-25(24)19-11-18(14-32-15-19)13-31-12-17-5-2-1-3-6-17)37-38-28(23)29-35-20-8-9-33-27(26(20)36-29)22-7-4-10-39-22/h1-11,14-16,31H,12-13H2,(H,35,36)(H,37,38). The van der Waals surface area contributed by atoms with Crippen molar-refractivity contribution < 1.29 is 4.39 Å². The normalized spacial score (nSPS) is 11.5. The van der Waals surface area contributed by atoms with Gasteiger partial charge in [0.1, 0.15) is 22.6 Å². The first-order valence-corrected chi connectivity index (χ1v) is 13.2. The van der Waals surface area contributed by atoms with Gasteiger partial charge < -0.3 is 10.3 Å². The molecule has 10 heteroatoms. The minimum Gasteiger partial charge on any atom is -0.336 e. The van der Waals surface area contributed by atoms with Crippen LogP contribution in [0.4, 0.5) is 4.39 Å². The van der Waals surface area contributed by atoms with E-state index >= 15 is 4.39 Å². The van der Waals surface area contributed by atoms with Gasteiger partial charge >= 0.3 is 0 Å². The monoisotopic (exact) mass is 532 g/mol. The van der Waals surface area contributed by atoms with Crippen molar-refractivity contribution in [3.63, 3.8) is 0 Å². The summed E-state index contributed by atoms with van der Waals surface area (Å²) in [6.45, 7) is 1.32. The maximum absolute atomic E-state index is 16.1. The molecule has 8 nitrogen and oxygen atoms in total. The largest absolute Gasteiger partial charge is 0.336 e. The Morgan fingerprint density at radius 1 is 0.846 bits per heavy atom. The lowest BCUT2D eigenvalue weighted by Gasteiger charge is -2.08. The number of nitrogens with one attached hydrogen (secondary N) is 3. The third kappa shape index (κ3) is 4.35. The Hall–Kier alpha value is -4.80. The van der Waals surface area contributed by atoms with Gasteiger partial charge in [-0.1, -0.05) is 36.4 Å².